The predicted molar refractivity (Wildman–Crippen MR) is 154 cm³/mol. The Morgan fingerprint density at radius 2 is 1.64 bits per heavy atom. The molecule has 0 unspecified atom stereocenters. The maximum Gasteiger partial charge on any atom is 0.258 e. The zero-order valence-electron chi connectivity index (χ0n) is 22.1. The molecule has 3 heterocycles. The van der Waals surface area contributed by atoms with E-state index in [1.807, 2.05) is 4.90 Å². The zero-order chi connectivity index (χ0) is 27.7. The summed E-state index contributed by atoms with van der Waals surface area (Å²) >= 11 is 12.6. The number of carbonyl (C=O) groups excluding carboxylic acids is 1. The SMILES string of the molecule is C[C@@H]1CN(c2cc(F)c(-c3cnc(N4CCOCC4)nc3)cc2NC(=O)c2c(Cl)cccc2Cl)C[C@H](C)N1C. The quantitative estimate of drug-likeness (QED) is 0.450. The van der Waals surface area contributed by atoms with Crippen LogP contribution in [0.3, 0.4) is 0 Å². The molecule has 2 saturated heterocycles. The number of hydrogen-bond donors (Lipinski definition) is 1. The molecule has 2 fully saturated rings. The van der Waals surface area contributed by atoms with Crippen molar-refractivity contribution in [3.05, 3.63) is 64.2 Å². The fourth-order valence-corrected chi connectivity index (χ4v) is 5.60. The van der Waals surface area contributed by atoms with Crippen LogP contribution in [-0.4, -0.2) is 79.3 Å². The molecule has 0 radical (unpaired) electrons. The fourth-order valence-electron chi connectivity index (χ4n) is 5.03. The number of piperazine rings is 1. The third kappa shape index (κ3) is 5.82. The second kappa shape index (κ2) is 11.6. The van der Waals surface area contributed by atoms with E-state index in [-0.39, 0.29) is 33.3 Å². The van der Waals surface area contributed by atoms with Gasteiger partial charge in [-0.05, 0) is 45.2 Å². The first-order valence-electron chi connectivity index (χ1n) is 12.9. The Morgan fingerprint density at radius 1 is 1.03 bits per heavy atom. The van der Waals surface area contributed by atoms with E-state index in [2.05, 4.69) is 46.0 Å². The number of nitrogens with zero attached hydrogens (tertiary/aromatic N) is 5. The number of ether oxygens (including phenoxy) is 1. The number of nitrogens with one attached hydrogen (secondary N) is 1. The van der Waals surface area contributed by atoms with E-state index in [4.69, 9.17) is 27.9 Å². The van der Waals surface area contributed by atoms with Gasteiger partial charge >= 0.3 is 0 Å². The van der Waals surface area contributed by atoms with Crippen molar-refractivity contribution in [2.45, 2.75) is 25.9 Å². The number of anilines is 3. The standard InChI is InChI=1S/C28H31Cl2FN6O2/c1-17-15-37(16-18(2)35(17)3)25-12-23(31)20(19-13-32-28(33-14-19)36-7-9-39-10-8-36)11-24(25)34-27(38)26-21(29)5-4-6-22(26)30/h4-6,11-14,17-18H,7-10,15-16H2,1-3H3,(H,34,38)/t17-,18+. The van der Waals surface area contributed by atoms with Gasteiger partial charge in [0.15, 0.2) is 0 Å². The van der Waals surface area contributed by atoms with Crippen LogP contribution in [0.5, 0.6) is 0 Å². The lowest BCUT2D eigenvalue weighted by molar-refractivity contribution is 0.102. The van der Waals surface area contributed by atoms with Crippen molar-refractivity contribution in [1.82, 2.24) is 14.9 Å². The van der Waals surface area contributed by atoms with Crippen molar-refractivity contribution >= 4 is 46.4 Å². The first-order chi connectivity index (χ1) is 18.7. The molecule has 39 heavy (non-hydrogen) atoms. The molecule has 0 aliphatic carbocycles. The summed E-state index contributed by atoms with van der Waals surface area (Å²) in [5.41, 5.74) is 1.99. The molecule has 2 atom stereocenters. The molecule has 5 rings (SSSR count). The topological polar surface area (TPSA) is 73.8 Å². The van der Waals surface area contributed by atoms with Crippen LogP contribution >= 0.6 is 23.2 Å². The van der Waals surface area contributed by atoms with E-state index in [0.29, 0.717) is 62.3 Å². The molecular formula is C28H31Cl2FN6O2. The number of hydrogen-bond acceptors (Lipinski definition) is 7. The molecule has 2 aromatic carbocycles. The van der Waals surface area contributed by atoms with Gasteiger partial charge in [-0.15, -0.1) is 0 Å². The fraction of sp³-hybridized carbons (Fsp3) is 0.393. The number of morpholine rings is 1. The molecule has 1 amide bonds. The number of benzene rings is 2. The molecule has 0 spiro atoms. The molecule has 0 bridgehead atoms. The highest BCUT2D eigenvalue weighted by atomic mass is 35.5. The number of carbonyl (C=O) groups is 1. The van der Waals surface area contributed by atoms with Gasteiger partial charge in [-0.25, -0.2) is 14.4 Å². The second-order valence-corrected chi connectivity index (χ2v) is 10.9. The Balaban J connectivity index is 1.52. The summed E-state index contributed by atoms with van der Waals surface area (Å²) in [7, 11) is 2.08. The number of likely N-dealkylation sites (N-methyl/N-ethyl adjacent to an activating group) is 1. The van der Waals surface area contributed by atoms with Gasteiger partial charge in [-0.2, -0.15) is 0 Å². The summed E-state index contributed by atoms with van der Waals surface area (Å²) < 4.78 is 21.1. The third-order valence-electron chi connectivity index (χ3n) is 7.47. The largest absolute Gasteiger partial charge is 0.378 e. The van der Waals surface area contributed by atoms with Gasteiger partial charge in [0.05, 0.1) is 40.2 Å². The first-order valence-corrected chi connectivity index (χ1v) is 13.7. The second-order valence-electron chi connectivity index (χ2n) is 10.0. The smallest absolute Gasteiger partial charge is 0.258 e. The van der Waals surface area contributed by atoms with E-state index in [0.717, 1.165) is 0 Å². The molecule has 0 saturated carbocycles. The van der Waals surface area contributed by atoms with Crippen molar-refractivity contribution in [2.24, 2.45) is 0 Å². The van der Waals surface area contributed by atoms with Gasteiger partial charge in [0.2, 0.25) is 5.95 Å². The lowest BCUT2D eigenvalue weighted by Gasteiger charge is -2.44. The summed E-state index contributed by atoms with van der Waals surface area (Å²) in [5, 5.41) is 3.42. The Kier molecular flexibility index (Phi) is 8.23. The third-order valence-corrected chi connectivity index (χ3v) is 8.10. The highest BCUT2D eigenvalue weighted by Gasteiger charge is 2.29. The number of halogens is 3. The molecule has 11 heteroatoms. The van der Waals surface area contributed by atoms with Crippen LogP contribution in [0.25, 0.3) is 11.1 Å². The summed E-state index contributed by atoms with van der Waals surface area (Å²) in [6, 6.07) is 8.47. The van der Waals surface area contributed by atoms with Crippen molar-refractivity contribution in [1.29, 1.82) is 0 Å². The first kappa shape index (κ1) is 27.6. The highest BCUT2D eigenvalue weighted by molar-refractivity contribution is 6.40. The van der Waals surface area contributed by atoms with Crippen LogP contribution in [-0.2, 0) is 4.74 Å². The average Bonchev–Trinajstić information content (AvgIpc) is 2.93. The minimum atomic E-state index is -0.474. The van der Waals surface area contributed by atoms with E-state index in [1.54, 1.807) is 36.7 Å². The van der Waals surface area contributed by atoms with Gasteiger partial charge < -0.3 is 19.9 Å². The lowest BCUT2D eigenvalue weighted by Crippen LogP contribution is -2.55. The summed E-state index contributed by atoms with van der Waals surface area (Å²) in [6.07, 6.45) is 3.21. The molecule has 8 nitrogen and oxygen atoms in total. The summed E-state index contributed by atoms with van der Waals surface area (Å²) in [4.78, 5) is 28.8. The van der Waals surface area contributed by atoms with E-state index in [1.165, 1.54) is 6.07 Å². The minimum Gasteiger partial charge on any atom is -0.378 e. The maximum atomic E-state index is 15.7. The lowest BCUT2D eigenvalue weighted by atomic mass is 10.0. The maximum absolute atomic E-state index is 15.7. The summed E-state index contributed by atoms with van der Waals surface area (Å²) in [5.74, 6) is -0.333. The number of rotatable bonds is 5. The van der Waals surface area contributed by atoms with Gasteiger partial charge in [0.25, 0.3) is 5.91 Å². The van der Waals surface area contributed by atoms with Crippen molar-refractivity contribution in [3.63, 3.8) is 0 Å². The van der Waals surface area contributed by atoms with Crippen LogP contribution in [0.15, 0.2) is 42.7 Å². The Morgan fingerprint density at radius 3 is 2.26 bits per heavy atom. The normalized spacial score (nSPS) is 20.3. The Bertz CT molecular complexity index is 1320. The molecule has 206 valence electrons. The molecule has 1 N–H and O–H groups in total. The van der Waals surface area contributed by atoms with Crippen LogP contribution in [0.4, 0.5) is 21.7 Å². The van der Waals surface area contributed by atoms with Crippen LogP contribution < -0.4 is 15.1 Å². The van der Waals surface area contributed by atoms with Gasteiger partial charge in [-0.3, -0.25) is 9.69 Å². The molecule has 2 aliphatic heterocycles. The molecule has 1 aromatic heterocycles. The minimum absolute atomic E-state index is 0.163. The van der Waals surface area contributed by atoms with Crippen molar-refractivity contribution < 1.29 is 13.9 Å². The van der Waals surface area contributed by atoms with Crippen LogP contribution in [0, 0.1) is 5.82 Å². The Hall–Kier alpha value is -2.98. The Labute approximate surface area is 237 Å². The highest BCUT2D eigenvalue weighted by Crippen LogP contribution is 2.37. The predicted octanol–water partition coefficient (Wildman–Crippen LogP) is 5.21. The zero-order valence-corrected chi connectivity index (χ0v) is 23.6. The average molecular weight is 574 g/mol. The van der Waals surface area contributed by atoms with Crippen LogP contribution in [0.2, 0.25) is 10.0 Å². The van der Waals surface area contributed by atoms with Crippen molar-refractivity contribution in [2.75, 3.05) is 61.6 Å². The molecule has 3 aromatic rings. The monoisotopic (exact) mass is 572 g/mol. The van der Waals surface area contributed by atoms with Crippen molar-refractivity contribution in [3.8, 4) is 11.1 Å². The van der Waals surface area contributed by atoms with E-state index >= 15 is 4.39 Å². The molecular weight excluding hydrogens is 542 g/mol. The van der Waals surface area contributed by atoms with Gasteiger partial charge in [0, 0.05) is 61.8 Å². The van der Waals surface area contributed by atoms with E-state index in [9.17, 15) is 4.79 Å². The molecule has 2 aliphatic rings. The van der Waals surface area contributed by atoms with E-state index < -0.39 is 11.7 Å². The van der Waals surface area contributed by atoms with Crippen LogP contribution in [0.1, 0.15) is 24.2 Å². The van der Waals surface area contributed by atoms with Gasteiger partial charge in [0.1, 0.15) is 5.82 Å². The number of amides is 1. The number of aromatic nitrogens is 2. The van der Waals surface area contributed by atoms with Gasteiger partial charge in [-0.1, -0.05) is 29.3 Å². The summed E-state index contributed by atoms with van der Waals surface area (Å²) in [6.45, 7) is 8.23.